The molecule has 1 aliphatic heterocycles. The molecule has 10 heteroatoms. The number of nitrogens with one attached hydrogen (secondary N) is 2. The first-order chi connectivity index (χ1) is 21.2. The van der Waals surface area contributed by atoms with Crippen LogP contribution in [-0.4, -0.2) is 57.5 Å². The number of nitrogens with zero attached hydrogens (tertiary/aromatic N) is 4. The third-order valence-corrected chi connectivity index (χ3v) is 8.17. The molecule has 0 aliphatic carbocycles. The van der Waals surface area contributed by atoms with Gasteiger partial charge in [-0.1, -0.05) is 61.5 Å². The Bertz CT molecular complexity index is 1520. The predicted molar refractivity (Wildman–Crippen MR) is 176 cm³/mol. The molecule has 4 rings (SSSR count). The lowest BCUT2D eigenvalue weighted by Gasteiger charge is -2.30. The average molecular weight is 617 g/mol. The van der Waals surface area contributed by atoms with Crippen LogP contribution in [0.4, 0.5) is 5.69 Å². The number of amides is 3. The highest BCUT2D eigenvalue weighted by Crippen LogP contribution is 2.41. The van der Waals surface area contributed by atoms with Crippen molar-refractivity contribution in [1.29, 1.82) is 0 Å². The van der Waals surface area contributed by atoms with E-state index in [0.717, 1.165) is 33.8 Å². The smallest absolute Gasteiger partial charge is 0.246 e. The highest BCUT2D eigenvalue weighted by Gasteiger charge is 2.32. The molecular weight excluding hydrogens is 568 g/mol. The Morgan fingerprint density at radius 2 is 1.60 bits per heavy atom. The fraction of sp³-hybridized carbons (Fsp3) is 0.514. The second-order valence-electron chi connectivity index (χ2n) is 13.6. The first kappa shape index (κ1) is 33.8. The lowest BCUT2D eigenvalue weighted by molar-refractivity contribution is -0.133. The lowest BCUT2D eigenvalue weighted by Crippen LogP contribution is -2.45. The zero-order chi connectivity index (χ0) is 32.9. The summed E-state index contributed by atoms with van der Waals surface area (Å²) in [5.41, 5.74) is 3.86. The molecule has 0 saturated heterocycles. The van der Waals surface area contributed by atoms with Crippen LogP contribution < -0.4 is 15.5 Å². The van der Waals surface area contributed by atoms with Gasteiger partial charge >= 0.3 is 0 Å². The Balaban J connectivity index is 1.45. The van der Waals surface area contributed by atoms with Gasteiger partial charge in [0.05, 0.1) is 30.1 Å². The van der Waals surface area contributed by atoms with E-state index in [1.807, 2.05) is 94.8 Å². The Kier molecular flexibility index (Phi) is 10.5. The van der Waals surface area contributed by atoms with Gasteiger partial charge in [0.25, 0.3) is 0 Å². The molecule has 242 valence electrons. The minimum absolute atomic E-state index is 0.000140. The molecule has 10 nitrogen and oxygen atoms in total. The molecule has 0 fully saturated rings. The molecule has 0 atom stereocenters. The number of benzene rings is 2. The molecule has 2 N–H and O–H groups in total. The number of carbonyl (C=O) groups excluding carboxylic acids is 3. The molecule has 0 unspecified atom stereocenters. The van der Waals surface area contributed by atoms with Crippen LogP contribution in [-0.2, 0) is 25.7 Å². The standard InChI is InChI=1S/C35H48N6O4/c1-23(2)37-29(42)17-18-35(7,8)45-20-19-34(5,6)33(44)36-21-30(43)40-22-25-13-9-10-14-26(25)31-32(41(24(3)4)39-38-31)27-15-11-12-16-28(27)40/h9-16,23-24H,17-22H2,1-8H3,(H,36,44)(H,37,42). The molecule has 45 heavy (non-hydrogen) atoms. The van der Waals surface area contributed by atoms with Crippen LogP contribution in [0.5, 0.6) is 0 Å². The summed E-state index contributed by atoms with van der Waals surface area (Å²) in [4.78, 5) is 41.0. The average Bonchev–Trinajstić information content (AvgIpc) is 3.41. The van der Waals surface area contributed by atoms with E-state index >= 15 is 0 Å². The third-order valence-electron chi connectivity index (χ3n) is 8.17. The minimum Gasteiger partial charge on any atom is -0.376 e. The molecule has 2 heterocycles. The van der Waals surface area contributed by atoms with Gasteiger partial charge in [0.2, 0.25) is 17.7 Å². The van der Waals surface area contributed by atoms with Crippen molar-refractivity contribution in [2.45, 2.75) is 98.9 Å². The van der Waals surface area contributed by atoms with Crippen LogP contribution in [0.15, 0.2) is 48.5 Å². The van der Waals surface area contributed by atoms with Crippen molar-refractivity contribution in [3.63, 3.8) is 0 Å². The van der Waals surface area contributed by atoms with Crippen LogP contribution in [0, 0.1) is 5.41 Å². The summed E-state index contributed by atoms with van der Waals surface area (Å²) < 4.78 is 7.99. The molecule has 0 bridgehead atoms. The first-order valence-corrected chi connectivity index (χ1v) is 15.8. The predicted octanol–water partition coefficient (Wildman–Crippen LogP) is 5.67. The lowest BCUT2D eigenvalue weighted by atomic mass is 9.88. The van der Waals surface area contributed by atoms with Crippen molar-refractivity contribution in [2.75, 3.05) is 18.1 Å². The maximum Gasteiger partial charge on any atom is 0.246 e. The van der Waals surface area contributed by atoms with Gasteiger partial charge < -0.3 is 20.3 Å². The first-order valence-electron chi connectivity index (χ1n) is 15.8. The molecule has 3 amide bonds. The fourth-order valence-corrected chi connectivity index (χ4v) is 5.43. The van der Waals surface area contributed by atoms with Crippen molar-refractivity contribution in [2.24, 2.45) is 5.41 Å². The van der Waals surface area contributed by atoms with E-state index in [4.69, 9.17) is 4.74 Å². The summed E-state index contributed by atoms with van der Waals surface area (Å²) in [5.74, 6) is -0.441. The van der Waals surface area contributed by atoms with Crippen molar-refractivity contribution < 1.29 is 19.1 Å². The van der Waals surface area contributed by atoms with Crippen molar-refractivity contribution in [3.05, 3.63) is 54.1 Å². The maximum atomic E-state index is 13.9. The number of ether oxygens (including phenoxy) is 1. The molecular formula is C35H48N6O4. The molecule has 0 radical (unpaired) electrons. The van der Waals surface area contributed by atoms with Crippen LogP contribution in [0.2, 0.25) is 0 Å². The molecule has 0 saturated carbocycles. The topological polar surface area (TPSA) is 118 Å². The van der Waals surface area contributed by atoms with E-state index in [1.165, 1.54) is 0 Å². The van der Waals surface area contributed by atoms with E-state index in [9.17, 15) is 14.4 Å². The Hall–Kier alpha value is -4.05. The van der Waals surface area contributed by atoms with Gasteiger partial charge in [-0.3, -0.25) is 14.4 Å². The number of aromatic nitrogens is 3. The van der Waals surface area contributed by atoms with Crippen molar-refractivity contribution >= 4 is 23.4 Å². The molecule has 3 aromatic rings. The second kappa shape index (κ2) is 13.9. The van der Waals surface area contributed by atoms with Crippen LogP contribution >= 0.6 is 0 Å². The Morgan fingerprint density at radius 1 is 0.933 bits per heavy atom. The zero-order valence-electron chi connectivity index (χ0n) is 27.9. The summed E-state index contributed by atoms with van der Waals surface area (Å²) in [6, 6.07) is 15.9. The van der Waals surface area contributed by atoms with E-state index in [2.05, 4.69) is 34.8 Å². The largest absolute Gasteiger partial charge is 0.376 e. The van der Waals surface area contributed by atoms with Gasteiger partial charge in [-0.25, -0.2) is 4.68 Å². The number of anilines is 1. The fourth-order valence-electron chi connectivity index (χ4n) is 5.43. The van der Waals surface area contributed by atoms with Gasteiger partial charge in [-0.05, 0) is 66.0 Å². The van der Waals surface area contributed by atoms with Crippen LogP contribution in [0.1, 0.15) is 86.3 Å². The number of hydrogen-bond donors (Lipinski definition) is 2. The van der Waals surface area contributed by atoms with E-state index < -0.39 is 11.0 Å². The van der Waals surface area contributed by atoms with E-state index in [1.54, 1.807) is 4.90 Å². The van der Waals surface area contributed by atoms with Gasteiger partial charge in [-0.15, -0.1) is 5.10 Å². The molecule has 2 aromatic carbocycles. The van der Waals surface area contributed by atoms with Crippen molar-refractivity contribution in [3.8, 4) is 22.5 Å². The summed E-state index contributed by atoms with van der Waals surface area (Å²) in [7, 11) is 0. The molecule has 1 aliphatic rings. The SMILES string of the molecule is CC(C)NC(=O)CCC(C)(C)OCCC(C)(C)C(=O)NCC(=O)N1Cc2ccccc2-c2nnn(C(C)C)c2-c2ccccc21. The van der Waals surface area contributed by atoms with Crippen LogP contribution in [0.25, 0.3) is 22.5 Å². The normalized spacial score (nSPS) is 13.1. The third kappa shape index (κ3) is 8.16. The quantitative estimate of drug-likeness (QED) is 0.271. The van der Waals surface area contributed by atoms with Gasteiger partial charge in [0.1, 0.15) is 5.69 Å². The highest BCUT2D eigenvalue weighted by atomic mass is 16.5. The summed E-state index contributed by atoms with van der Waals surface area (Å²) in [6.07, 6.45) is 1.41. The Labute approximate surface area is 266 Å². The number of rotatable bonds is 12. The molecule has 0 spiro atoms. The van der Waals surface area contributed by atoms with Gasteiger partial charge in [0, 0.05) is 41.7 Å². The zero-order valence-corrected chi connectivity index (χ0v) is 27.9. The number of hydrogen-bond acceptors (Lipinski definition) is 6. The summed E-state index contributed by atoms with van der Waals surface area (Å²) in [5, 5.41) is 14.8. The van der Waals surface area contributed by atoms with E-state index in [-0.39, 0.29) is 36.3 Å². The molecule has 1 aromatic heterocycles. The number of para-hydroxylation sites is 1. The van der Waals surface area contributed by atoms with E-state index in [0.29, 0.717) is 32.4 Å². The maximum absolute atomic E-state index is 13.9. The number of fused-ring (bicyclic) bond motifs is 5. The van der Waals surface area contributed by atoms with Crippen molar-refractivity contribution in [1.82, 2.24) is 25.6 Å². The van der Waals surface area contributed by atoms with Crippen LogP contribution in [0.3, 0.4) is 0 Å². The Morgan fingerprint density at radius 3 is 2.29 bits per heavy atom. The monoisotopic (exact) mass is 616 g/mol. The van der Waals surface area contributed by atoms with Gasteiger partial charge in [0.15, 0.2) is 0 Å². The summed E-state index contributed by atoms with van der Waals surface area (Å²) >= 11 is 0. The number of carbonyl (C=O) groups is 3. The second-order valence-corrected chi connectivity index (χ2v) is 13.6. The summed E-state index contributed by atoms with van der Waals surface area (Å²) in [6.45, 7) is 16.1. The highest BCUT2D eigenvalue weighted by molar-refractivity contribution is 6.02. The van der Waals surface area contributed by atoms with Gasteiger partial charge in [-0.2, -0.15) is 0 Å². The minimum atomic E-state index is -0.767.